The highest BCUT2D eigenvalue weighted by Crippen LogP contribution is 2.34. The SMILES string of the molecule is CCCCC(C#N)(CCCCO)c1ccccc1. The predicted octanol–water partition coefficient (Wildman–Crippen LogP) is 3.80. The molecule has 18 heavy (non-hydrogen) atoms. The molecule has 0 saturated heterocycles. The van der Waals surface area contributed by atoms with Crippen molar-refractivity contribution in [3.63, 3.8) is 0 Å². The van der Waals surface area contributed by atoms with E-state index in [1.807, 2.05) is 18.2 Å². The lowest BCUT2D eigenvalue weighted by Gasteiger charge is -2.27. The van der Waals surface area contributed by atoms with E-state index in [0.29, 0.717) is 0 Å². The molecule has 0 aromatic heterocycles. The van der Waals surface area contributed by atoms with Crippen LogP contribution >= 0.6 is 0 Å². The second-order valence-corrected chi connectivity index (χ2v) is 4.84. The standard InChI is InChI=1S/C16H23NO/c1-2-3-11-16(14-17,12-7-8-13-18)15-9-5-4-6-10-15/h4-6,9-10,18H,2-3,7-8,11-13H2,1H3. The molecule has 0 aliphatic rings. The molecule has 0 bridgehead atoms. The molecule has 0 aliphatic carbocycles. The maximum Gasteiger partial charge on any atom is 0.0822 e. The largest absolute Gasteiger partial charge is 0.396 e. The highest BCUT2D eigenvalue weighted by atomic mass is 16.2. The molecular formula is C16H23NO. The van der Waals surface area contributed by atoms with Crippen LogP contribution in [0.3, 0.4) is 0 Å². The van der Waals surface area contributed by atoms with Crippen LogP contribution in [0.4, 0.5) is 0 Å². The Bertz CT molecular complexity index is 368. The molecule has 0 heterocycles. The van der Waals surface area contributed by atoms with E-state index in [-0.39, 0.29) is 12.0 Å². The Labute approximate surface area is 110 Å². The van der Waals surface area contributed by atoms with Gasteiger partial charge in [-0.25, -0.2) is 0 Å². The minimum Gasteiger partial charge on any atom is -0.396 e. The van der Waals surface area contributed by atoms with Crippen molar-refractivity contribution in [3.8, 4) is 6.07 Å². The summed E-state index contributed by atoms with van der Waals surface area (Å²) in [6.45, 7) is 2.37. The first kappa shape index (κ1) is 14.7. The average Bonchev–Trinajstić information content (AvgIpc) is 2.44. The van der Waals surface area contributed by atoms with Crippen molar-refractivity contribution in [1.82, 2.24) is 0 Å². The third kappa shape index (κ3) is 3.85. The fourth-order valence-electron chi connectivity index (χ4n) is 2.36. The van der Waals surface area contributed by atoms with Gasteiger partial charge in [0, 0.05) is 6.61 Å². The lowest BCUT2D eigenvalue weighted by molar-refractivity contribution is 0.276. The van der Waals surface area contributed by atoms with Crippen LogP contribution in [-0.2, 0) is 5.41 Å². The second-order valence-electron chi connectivity index (χ2n) is 4.84. The molecular weight excluding hydrogens is 222 g/mol. The number of nitrogens with zero attached hydrogens (tertiary/aromatic N) is 1. The Morgan fingerprint density at radius 2 is 1.78 bits per heavy atom. The molecule has 98 valence electrons. The van der Waals surface area contributed by atoms with Crippen molar-refractivity contribution in [2.75, 3.05) is 6.61 Å². The number of aliphatic hydroxyl groups excluding tert-OH is 1. The average molecular weight is 245 g/mol. The number of unbranched alkanes of at least 4 members (excludes halogenated alkanes) is 2. The van der Waals surface area contributed by atoms with E-state index in [9.17, 15) is 5.26 Å². The van der Waals surface area contributed by atoms with E-state index in [0.717, 1.165) is 44.1 Å². The Hall–Kier alpha value is -1.33. The number of aliphatic hydroxyl groups is 1. The number of nitriles is 1. The number of hydrogen-bond donors (Lipinski definition) is 1. The van der Waals surface area contributed by atoms with E-state index in [1.54, 1.807) is 0 Å². The summed E-state index contributed by atoms with van der Waals surface area (Å²) in [4.78, 5) is 0. The van der Waals surface area contributed by atoms with Gasteiger partial charge in [-0.1, -0.05) is 50.1 Å². The third-order valence-corrected chi connectivity index (χ3v) is 3.51. The molecule has 1 aromatic carbocycles. The smallest absolute Gasteiger partial charge is 0.0822 e. The van der Waals surface area contributed by atoms with E-state index < -0.39 is 0 Å². The fraction of sp³-hybridized carbons (Fsp3) is 0.562. The molecule has 1 rings (SSSR count). The molecule has 2 heteroatoms. The van der Waals surface area contributed by atoms with Gasteiger partial charge in [-0.2, -0.15) is 5.26 Å². The summed E-state index contributed by atoms with van der Waals surface area (Å²) >= 11 is 0. The lowest BCUT2D eigenvalue weighted by Crippen LogP contribution is -2.24. The summed E-state index contributed by atoms with van der Waals surface area (Å²) < 4.78 is 0. The molecule has 0 saturated carbocycles. The maximum atomic E-state index is 9.64. The molecule has 0 radical (unpaired) electrons. The monoisotopic (exact) mass is 245 g/mol. The normalized spacial score (nSPS) is 13.8. The Morgan fingerprint density at radius 1 is 1.11 bits per heavy atom. The minimum atomic E-state index is -0.369. The van der Waals surface area contributed by atoms with Crippen LogP contribution in [0.2, 0.25) is 0 Å². The zero-order valence-corrected chi connectivity index (χ0v) is 11.2. The van der Waals surface area contributed by atoms with Gasteiger partial charge < -0.3 is 5.11 Å². The van der Waals surface area contributed by atoms with Gasteiger partial charge in [-0.05, 0) is 31.2 Å². The first-order valence-electron chi connectivity index (χ1n) is 6.86. The van der Waals surface area contributed by atoms with Crippen molar-refractivity contribution in [3.05, 3.63) is 35.9 Å². The summed E-state index contributed by atoms with van der Waals surface area (Å²) in [6.07, 6.45) is 5.62. The maximum absolute atomic E-state index is 9.64. The van der Waals surface area contributed by atoms with Gasteiger partial charge in [0.1, 0.15) is 0 Å². The molecule has 1 unspecified atom stereocenters. The topological polar surface area (TPSA) is 44.0 Å². The molecule has 2 nitrogen and oxygen atoms in total. The first-order chi connectivity index (χ1) is 8.79. The van der Waals surface area contributed by atoms with Crippen molar-refractivity contribution in [2.24, 2.45) is 0 Å². The number of benzene rings is 1. The first-order valence-corrected chi connectivity index (χ1v) is 6.86. The zero-order chi connectivity index (χ0) is 13.3. The van der Waals surface area contributed by atoms with Gasteiger partial charge in [0.05, 0.1) is 11.5 Å². The summed E-state index contributed by atoms with van der Waals surface area (Å²) in [5.74, 6) is 0. The molecule has 1 aromatic rings. The third-order valence-electron chi connectivity index (χ3n) is 3.51. The van der Waals surface area contributed by atoms with Crippen molar-refractivity contribution < 1.29 is 5.11 Å². The second kappa shape index (κ2) is 7.89. The lowest BCUT2D eigenvalue weighted by atomic mass is 9.74. The number of hydrogen-bond acceptors (Lipinski definition) is 2. The van der Waals surface area contributed by atoms with Gasteiger partial charge >= 0.3 is 0 Å². The summed E-state index contributed by atoms with van der Waals surface area (Å²) in [5.41, 5.74) is 0.755. The Kier molecular flexibility index (Phi) is 6.46. The zero-order valence-electron chi connectivity index (χ0n) is 11.2. The van der Waals surface area contributed by atoms with Crippen molar-refractivity contribution >= 4 is 0 Å². The van der Waals surface area contributed by atoms with E-state index >= 15 is 0 Å². The Balaban J connectivity index is 2.88. The van der Waals surface area contributed by atoms with Crippen LogP contribution in [0.5, 0.6) is 0 Å². The van der Waals surface area contributed by atoms with Gasteiger partial charge in [0.15, 0.2) is 0 Å². The molecule has 1 N–H and O–H groups in total. The molecule has 0 amide bonds. The highest BCUT2D eigenvalue weighted by Gasteiger charge is 2.30. The van der Waals surface area contributed by atoms with Gasteiger partial charge in [-0.15, -0.1) is 0 Å². The quantitative estimate of drug-likeness (QED) is 0.708. The van der Waals surface area contributed by atoms with Crippen LogP contribution in [0.1, 0.15) is 51.0 Å². The van der Waals surface area contributed by atoms with Gasteiger partial charge in [-0.3, -0.25) is 0 Å². The van der Waals surface area contributed by atoms with E-state index in [2.05, 4.69) is 25.1 Å². The van der Waals surface area contributed by atoms with Crippen LogP contribution in [-0.4, -0.2) is 11.7 Å². The van der Waals surface area contributed by atoms with Crippen molar-refractivity contribution in [2.45, 2.75) is 50.9 Å². The summed E-state index contributed by atoms with van der Waals surface area (Å²) in [6, 6.07) is 12.6. The van der Waals surface area contributed by atoms with Gasteiger partial charge in [0.2, 0.25) is 0 Å². The molecule has 0 spiro atoms. The predicted molar refractivity (Wildman–Crippen MR) is 74.2 cm³/mol. The van der Waals surface area contributed by atoms with Crippen LogP contribution < -0.4 is 0 Å². The minimum absolute atomic E-state index is 0.212. The Morgan fingerprint density at radius 3 is 2.33 bits per heavy atom. The summed E-state index contributed by atoms with van der Waals surface area (Å²) in [7, 11) is 0. The number of rotatable bonds is 8. The molecule has 0 fully saturated rings. The highest BCUT2D eigenvalue weighted by molar-refractivity contribution is 5.32. The van der Waals surface area contributed by atoms with Crippen LogP contribution in [0, 0.1) is 11.3 Å². The van der Waals surface area contributed by atoms with E-state index in [1.165, 1.54) is 0 Å². The van der Waals surface area contributed by atoms with Crippen molar-refractivity contribution in [1.29, 1.82) is 5.26 Å². The van der Waals surface area contributed by atoms with Crippen LogP contribution in [0.15, 0.2) is 30.3 Å². The molecule has 0 aliphatic heterocycles. The van der Waals surface area contributed by atoms with Crippen LogP contribution in [0.25, 0.3) is 0 Å². The molecule has 1 atom stereocenters. The van der Waals surface area contributed by atoms with E-state index in [4.69, 9.17) is 5.11 Å². The van der Waals surface area contributed by atoms with Gasteiger partial charge in [0.25, 0.3) is 0 Å². The fourth-order valence-corrected chi connectivity index (χ4v) is 2.36. The summed E-state index contributed by atoms with van der Waals surface area (Å²) in [5, 5.41) is 18.5.